The quantitative estimate of drug-likeness (QED) is 0.568. The summed E-state index contributed by atoms with van der Waals surface area (Å²) >= 11 is 1.36. The van der Waals surface area contributed by atoms with E-state index in [-0.39, 0.29) is 5.78 Å². The van der Waals surface area contributed by atoms with Crippen LogP contribution < -0.4 is 10.1 Å². The summed E-state index contributed by atoms with van der Waals surface area (Å²) in [7, 11) is 0. The molecule has 2 aromatic rings. The molecule has 1 amide bonds. The van der Waals surface area contributed by atoms with Gasteiger partial charge in [0.05, 0.1) is 18.7 Å². The topological polar surface area (TPSA) is 84.8 Å². The SMILES string of the molecule is CCOc1ccc(NC(=O)C(=O)CC(=O)C2Sc3ccccc3N=C2C)cc1. The minimum absolute atomic E-state index is 0.326. The zero-order valence-electron chi connectivity index (χ0n) is 15.6. The van der Waals surface area contributed by atoms with Crippen LogP contribution in [0.2, 0.25) is 0 Å². The highest BCUT2D eigenvalue weighted by Gasteiger charge is 2.30. The number of anilines is 1. The molecular weight excluding hydrogens is 376 g/mol. The number of thioether (sulfide) groups is 1. The zero-order valence-corrected chi connectivity index (χ0v) is 16.4. The van der Waals surface area contributed by atoms with Crippen molar-refractivity contribution in [1.29, 1.82) is 0 Å². The van der Waals surface area contributed by atoms with E-state index in [9.17, 15) is 14.4 Å². The van der Waals surface area contributed by atoms with Crippen LogP contribution in [0.15, 0.2) is 58.4 Å². The minimum Gasteiger partial charge on any atom is -0.494 e. The molecule has 0 radical (unpaired) electrons. The molecule has 0 saturated carbocycles. The Morgan fingerprint density at radius 3 is 2.54 bits per heavy atom. The highest BCUT2D eigenvalue weighted by molar-refractivity contribution is 8.01. The molecule has 1 unspecified atom stereocenters. The van der Waals surface area contributed by atoms with Crippen molar-refractivity contribution in [2.75, 3.05) is 11.9 Å². The third-order valence-electron chi connectivity index (χ3n) is 4.09. The van der Waals surface area contributed by atoms with Crippen molar-refractivity contribution < 1.29 is 19.1 Å². The standard InChI is InChI=1S/C21H20N2O4S/c1-3-27-15-10-8-14(9-11-15)23-21(26)18(25)12-17(24)20-13(2)22-16-6-4-5-7-19(16)28-20/h4-11,20H,3,12H2,1-2H3,(H,23,26). The molecular formula is C21H20N2O4S. The van der Waals surface area contributed by atoms with Crippen molar-refractivity contribution in [2.24, 2.45) is 4.99 Å². The first-order chi connectivity index (χ1) is 13.5. The van der Waals surface area contributed by atoms with Gasteiger partial charge in [-0.05, 0) is 50.2 Å². The number of nitrogens with zero attached hydrogens (tertiary/aromatic N) is 1. The van der Waals surface area contributed by atoms with Crippen LogP contribution in [0.25, 0.3) is 0 Å². The molecule has 144 valence electrons. The minimum atomic E-state index is -0.812. The molecule has 7 heteroatoms. The van der Waals surface area contributed by atoms with E-state index in [2.05, 4.69) is 10.3 Å². The average molecular weight is 396 g/mol. The van der Waals surface area contributed by atoms with Crippen molar-refractivity contribution in [3.8, 4) is 5.75 Å². The van der Waals surface area contributed by atoms with E-state index in [1.807, 2.05) is 31.2 Å². The summed E-state index contributed by atoms with van der Waals surface area (Å²) in [5, 5.41) is 1.95. The molecule has 1 aliphatic heterocycles. The predicted octanol–water partition coefficient (Wildman–Crippen LogP) is 3.82. The summed E-state index contributed by atoms with van der Waals surface area (Å²) in [5.41, 5.74) is 1.91. The molecule has 1 N–H and O–H groups in total. The lowest BCUT2D eigenvalue weighted by atomic mass is 10.1. The molecule has 0 fully saturated rings. The van der Waals surface area contributed by atoms with Crippen molar-refractivity contribution in [1.82, 2.24) is 0 Å². The number of hydrogen-bond acceptors (Lipinski definition) is 6. The smallest absolute Gasteiger partial charge is 0.292 e. The predicted molar refractivity (Wildman–Crippen MR) is 110 cm³/mol. The molecule has 1 atom stereocenters. The molecule has 2 aromatic carbocycles. The second-order valence-corrected chi connectivity index (χ2v) is 7.34. The maximum atomic E-state index is 12.6. The van der Waals surface area contributed by atoms with Crippen LogP contribution in [0.5, 0.6) is 5.75 Å². The number of ether oxygens (including phenoxy) is 1. The molecule has 0 bridgehead atoms. The van der Waals surface area contributed by atoms with Gasteiger partial charge in [0, 0.05) is 16.3 Å². The molecule has 1 aliphatic rings. The van der Waals surface area contributed by atoms with E-state index >= 15 is 0 Å². The van der Waals surface area contributed by atoms with Crippen LogP contribution >= 0.6 is 11.8 Å². The van der Waals surface area contributed by atoms with Gasteiger partial charge in [-0.3, -0.25) is 19.4 Å². The summed E-state index contributed by atoms with van der Waals surface area (Å²) in [4.78, 5) is 42.3. The number of benzene rings is 2. The second kappa shape index (κ2) is 8.84. The van der Waals surface area contributed by atoms with Gasteiger partial charge in [0.25, 0.3) is 5.91 Å². The summed E-state index contributed by atoms with van der Waals surface area (Å²) in [5.74, 6) is -1.24. The van der Waals surface area contributed by atoms with Gasteiger partial charge < -0.3 is 10.1 Å². The Morgan fingerprint density at radius 2 is 1.82 bits per heavy atom. The van der Waals surface area contributed by atoms with Gasteiger partial charge in [-0.2, -0.15) is 0 Å². The fraction of sp³-hybridized carbons (Fsp3) is 0.238. The van der Waals surface area contributed by atoms with E-state index in [4.69, 9.17) is 4.74 Å². The van der Waals surface area contributed by atoms with Crippen molar-refractivity contribution in [2.45, 2.75) is 30.4 Å². The Balaban J connectivity index is 1.59. The molecule has 0 aromatic heterocycles. The molecule has 0 aliphatic carbocycles. The third-order valence-corrected chi connectivity index (χ3v) is 5.53. The van der Waals surface area contributed by atoms with Crippen molar-refractivity contribution >= 4 is 46.3 Å². The number of amides is 1. The van der Waals surface area contributed by atoms with Gasteiger partial charge in [0.15, 0.2) is 5.78 Å². The number of Topliss-reactive ketones (excluding diaryl/α,β-unsaturated/α-hetero) is 2. The summed E-state index contributed by atoms with van der Waals surface area (Å²) in [6.45, 7) is 4.18. The second-order valence-electron chi connectivity index (χ2n) is 6.20. The molecule has 0 saturated heterocycles. The lowest BCUT2D eigenvalue weighted by Gasteiger charge is -2.21. The number of carbonyl (C=O) groups excluding carboxylic acids is 3. The summed E-state index contributed by atoms with van der Waals surface area (Å²) in [6.07, 6.45) is -0.463. The van der Waals surface area contributed by atoms with Crippen LogP contribution in [0.1, 0.15) is 20.3 Å². The zero-order chi connectivity index (χ0) is 20.1. The Morgan fingerprint density at radius 1 is 1.11 bits per heavy atom. The first-order valence-electron chi connectivity index (χ1n) is 8.88. The summed E-state index contributed by atoms with van der Waals surface area (Å²) in [6, 6.07) is 14.2. The lowest BCUT2D eigenvalue weighted by Crippen LogP contribution is -2.32. The lowest BCUT2D eigenvalue weighted by molar-refractivity contribution is -0.137. The highest BCUT2D eigenvalue weighted by Crippen LogP contribution is 2.38. The number of rotatable bonds is 7. The Kier molecular flexibility index (Phi) is 6.26. The van der Waals surface area contributed by atoms with Gasteiger partial charge in [-0.1, -0.05) is 12.1 Å². The van der Waals surface area contributed by atoms with Crippen LogP contribution in [0.4, 0.5) is 11.4 Å². The first kappa shape index (κ1) is 19.8. The molecule has 0 spiro atoms. The van der Waals surface area contributed by atoms with E-state index in [0.29, 0.717) is 23.8 Å². The van der Waals surface area contributed by atoms with Gasteiger partial charge in [-0.25, -0.2) is 0 Å². The molecule has 28 heavy (non-hydrogen) atoms. The van der Waals surface area contributed by atoms with Crippen LogP contribution in [-0.4, -0.2) is 35.0 Å². The number of aliphatic imine (C=N–C) groups is 1. The first-order valence-corrected chi connectivity index (χ1v) is 9.76. The maximum Gasteiger partial charge on any atom is 0.292 e. The van der Waals surface area contributed by atoms with Gasteiger partial charge >= 0.3 is 0 Å². The van der Waals surface area contributed by atoms with E-state index in [1.165, 1.54) is 11.8 Å². The van der Waals surface area contributed by atoms with Crippen LogP contribution in [0, 0.1) is 0 Å². The van der Waals surface area contributed by atoms with Gasteiger partial charge in [-0.15, -0.1) is 11.8 Å². The summed E-state index contributed by atoms with van der Waals surface area (Å²) < 4.78 is 5.33. The van der Waals surface area contributed by atoms with Crippen LogP contribution in [-0.2, 0) is 14.4 Å². The monoisotopic (exact) mass is 396 g/mol. The van der Waals surface area contributed by atoms with Crippen LogP contribution in [0.3, 0.4) is 0 Å². The van der Waals surface area contributed by atoms with E-state index < -0.39 is 23.4 Å². The average Bonchev–Trinajstić information content (AvgIpc) is 2.69. The van der Waals surface area contributed by atoms with Gasteiger partial charge in [0.2, 0.25) is 5.78 Å². The van der Waals surface area contributed by atoms with E-state index in [1.54, 1.807) is 31.2 Å². The van der Waals surface area contributed by atoms with Crippen molar-refractivity contribution in [3.05, 3.63) is 48.5 Å². The highest BCUT2D eigenvalue weighted by atomic mass is 32.2. The molecule has 6 nitrogen and oxygen atoms in total. The Bertz CT molecular complexity index is 938. The Hall–Kier alpha value is -2.93. The number of fused-ring (bicyclic) bond motifs is 1. The molecule has 3 rings (SSSR count). The Labute approximate surface area is 167 Å². The normalized spacial score (nSPS) is 15.2. The molecule has 1 heterocycles. The fourth-order valence-corrected chi connectivity index (χ4v) is 3.83. The van der Waals surface area contributed by atoms with Gasteiger partial charge in [0.1, 0.15) is 11.0 Å². The number of hydrogen-bond donors (Lipinski definition) is 1. The number of carbonyl (C=O) groups is 3. The fourth-order valence-electron chi connectivity index (χ4n) is 2.74. The number of para-hydroxylation sites is 1. The number of nitrogens with one attached hydrogen (secondary N) is 1. The maximum absolute atomic E-state index is 12.6. The largest absolute Gasteiger partial charge is 0.494 e. The van der Waals surface area contributed by atoms with Crippen molar-refractivity contribution in [3.63, 3.8) is 0 Å². The van der Waals surface area contributed by atoms with E-state index in [0.717, 1.165) is 10.6 Å². The third kappa shape index (κ3) is 4.67. The number of ketones is 2.